The van der Waals surface area contributed by atoms with Crippen LogP contribution in [0.15, 0.2) is 12.2 Å². The first-order chi connectivity index (χ1) is 8.50. The Labute approximate surface area is 103 Å². The van der Waals surface area contributed by atoms with Crippen LogP contribution in [0.25, 0.3) is 0 Å². The van der Waals surface area contributed by atoms with Crippen LogP contribution >= 0.6 is 0 Å². The molecule has 1 aliphatic carbocycles. The number of nitrogens with two attached hydrogens (primary N) is 1. The molecule has 0 aromatic carbocycles. The Balaban J connectivity index is 2.06. The zero-order valence-corrected chi connectivity index (χ0v) is 9.59. The molecule has 1 fully saturated rings. The van der Waals surface area contributed by atoms with Gasteiger partial charge in [0.1, 0.15) is 6.54 Å². The summed E-state index contributed by atoms with van der Waals surface area (Å²) in [6.07, 6.45) is 4.75. The lowest BCUT2D eigenvalue weighted by Crippen LogP contribution is -2.44. The molecular formula is C11H13N3O4. The number of hydrogen-bond acceptors (Lipinski definition) is 4. The summed E-state index contributed by atoms with van der Waals surface area (Å²) in [7, 11) is 0. The molecule has 7 heteroatoms. The monoisotopic (exact) mass is 251 g/mol. The molecule has 1 saturated heterocycles. The van der Waals surface area contributed by atoms with Crippen LogP contribution in [0, 0.1) is 11.8 Å². The quantitative estimate of drug-likeness (QED) is 0.491. The lowest BCUT2D eigenvalue weighted by molar-refractivity contribution is -0.143. The molecule has 18 heavy (non-hydrogen) atoms. The number of nitrogens with one attached hydrogen (secondary N) is 1. The van der Waals surface area contributed by atoms with Gasteiger partial charge in [-0.1, -0.05) is 12.2 Å². The average Bonchev–Trinajstić information content (AvgIpc) is 2.54. The van der Waals surface area contributed by atoms with Gasteiger partial charge >= 0.3 is 6.03 Å². The molecule has 0 spiro atoms. The Morgan fingerprint density at radius 2 is 1.72 bits per heavy atom. The maximum Gasteiger partial charge on any atom is 0.318 e. The number of hydrogen-bond donors (Lipinski definition) is 2. The van der Waals surface area contributed by atoms with E-state index in [1.54, 1.807) is 0 Å². The number of fused-ring (bicyclic) bond motifs is 1. The van der Waals surface area contributed by atoms with Gasteiger partial charge in [0.25, 0.3) is 0 Å². The predicted molar refractivity (Wildman–Crippen MR) is 59.8 cm³/mol. The van der Waals surface area contributed by atoms with Gasteiger partial charge in [0, 0.05) is 0 Å². The second-order valence-corrected chi connectivity index (χ2v) is 4.33. The number of likely N-dealkylation sites (tertiary alicyclic amines) is 1. The van der Waals surface area contributed by atoms with Gasteiger partial charge in [0.2, 0.25) is 17.7 Å². The van der Waals surface area contributed by atoms with Crippen LogP contribution in [0.5, 0.6) is 0 Å². The molecule has 96 valence electrons. The minimum atomic E-state index is -1.00. The Morgan fingerprint density at radius 1 is 1.22 bits per heavy atom. The van der Waals surface area contributed by atoms with Gasteiger partial charge in [-0.25, -0.2) is 4.79 Å². The van der Waals surface area contributed by atoms with Gasteiger partial charge in [0.05, 0.1) is 11.8 Å². The number of rotatable bonds is 2. The van der Waals surface area contributed by atoms with E-state index in [-0.39, 0.29) is 23.7 Å². The third kappa shape index (κ3) is 2.11. The van der Waals surface area contributed by atoms with Gasteiger partial charge in [-0.05, 0) is 12.8 Å². The van der Waals surface area contributed by atoms with E-state index in [0.717, 1.165) is 4.90 Å². The molecule has 0 unspecified atom stereocenters. The SMILES string of the molecule is NC(=O)NC(=O)CN1C(=O)[C@@H]2CC=CC[C@H]2C1=O. The van der Waals surface area contributed by atoms with Crippen molar-refractivity contribution in [1.29, 1.82) is 0 Å². The number of carbonyl (C=O) groups excluding carboxylic acids is 4. The molecule has 0 aromatic heterocycles. The van der Waals surface area contributed by atoms with Crippen molar-refractivity contribution < 1.29 is 19.2 Å². The molecule has 1 heterocycles. The summed E-state index contributed by atoms with van der Waals surface area (Å²) in [6, 6.07) is -1.00. The van der Waals surface area contributed by atoms with E-state index in [1.807, 2.05) is 17.5 Å². The van der Waals surface area contributed by atoms with Gasteiger partial charge < -0.3 is 5.73 Å². The highest BCUT2D eigenvalue weighted by Gasteiger charge is 2.47. The van der Waals surface area contributed by atoms with Crippen LogP contribution in [0.2, 0.25) is 0 Å². The molecule has 7 nitrogen and oxygen atoms in total. The van der Waals surface area contributed by atoms with E-state index in [4.69, 9.17) is 5.73 Å². The molecule has 5 amide bonds. The molecule has 0 radical (unpaired) electrons. The largest absolute Gasteiger partial charge is 0.351 e. The van der Waals surface area contributed by atoms with Gasteiger partial charge in [0.15, 0.2) is 0 Å². The van der Waals surface area contributed by atoms with Crippen LogP contribution in [-0.4, -0.2) is 35.2 Å². The van der Waals surface area contributed by atoms with Crippen molar-refractivity contribution in [3.8, 4) is 0 Å². The summed E-state index contributed by atoms with van der Waals surface area (Å²) in [6.45, 7) is -0.451. The van der Waals surface area contributed by atoms with Crippen molar-refractivity contribution in [2.75, 3.05) is 6.54 Å². The molecule has 0 saturated carbocycles. The Morgan fingerprint density at radius 3 is 2.17 bits per heavy atom. The normalized spacial score (nSPS) is 26.1. The van der Waals surface area contributed by atoms with Gasteiger partial charge in [-0.15, -0.1) is 0 Å². The summed E-state index contributed by atoms with van der Waals surface area (Å²) in [5.41, 5.74) is 4.78. The molecule has 1 aliphatic heterocycles. The fourth-order valence-corrected chi connectivity index (χ4v) is 2.35. The summed E-state index contributed by atoms with van der Waals surface area (Å²) in [4.78, 5) is 46.6. The van der Waals surface area contributed by atoms with Crippen LogP contribution in [-0.2, 0) is 14.4 Å². The van der Waals surface area contributed by atoms with Crippen LogP contribution < -0.4 is 11.1 Å². The second-order valence-electron chi connectivity index (χ2n) is 4.33. The number of nitrogens with zero attached hydrogens (tertiary/aromatic N) is 1. The number of amides is 5. The summed E-state index contributed by atoms with van der Waals surface area (Å²) >= 11 is 0. The molecular weight excluding hydrogens is 238 g/mol. The molecule has 3 N–H and O–H groups in total. The fourth-order valence-electron chi connectivity index (χ4n) is 2.35. The molecule has 2 atom stereocenters. The highest BCUT2D eigenvalue weighted by atomic mass is 16.2. The van der Waals surface area contributed by atoms with E-state index in [0.29, 0.717) is 12.8 Å². The molecule has 0 aromatic rings. The maximum atomic E-state index is 11.9. The zero-order valence-electron chi connectivity index (χ0n) is 9.59. The lowest BCUT2D eigenvalue weighted by atomic mass is 9.85. The Bertz CT molecular complexity index is 431. The van der Waals surface area contributed by atoms with Crippen LogP contribution in [0.3, 0.4) is 0 Å². The summed E-state index contributed by atoms with van der Waals surface area (Å²) < 4.78 is 0. The van der Waals surface area contributed by atoms with Crippen molar-refractivity contribution in [1.82, 2.24) is 10.2 Å². The number of imide groups is 2. The molecule has 2 rings (SSSR count). The summed E-state index contributed by atoms with van der Waals surface area (Å²) in [5, 5.41) is 1.83. The fraction of sp³-hybridized carbons (Fsp3) is 0.455. The third-order valence-electron chi connectivity index (χ3n) is 3.16. The smallest absolute Gasteiger partial charge is 0.318 e. The Kier molecular flexibility index (Phi) is 3.14. The first kappa shape index (κ1) is 12.3. The maximum absolute atomic E-state index is 11.9. The van der Waals surface area contributed by atoms with Crippen molar-refractivity contribution in [2.45, 2.75) is 12.8 Å². The number of allylic oxidation sites excluding steroid dienone is 2. The minimum Gasteiger partial charge on any atom is -0.351 e. The predicted octanol–water partition coefficient (Wildman–Crippen LogP) is -0.868. The van der Waals surface area contributed by atoms with E-state index in [2.05, 4.69) is 0 Å². The van der Waals surface area contributed by atoms with E-state index >= 15 is 0 Å². The minimum absolute atomic E-state index is 0.353. The first-order valence-corrected chi connectivity index (χ1v) is 5.60. The van der Waals surface area contributed by atoms with E-state index in [1.165, 1.54) is 0 Å². The lowest BCUT2D eigenvalue weighted by Gasteiger charge is -2.14. The summed E-state index contributed by atoms with van der Waals surface area (Å²) in [5.74, 6) is -2.20. The highest BCUT2D eigenvalue weighted by Crippen LogP contribution is 2.34. The molecule has 2 aliphatic rings. The Hall–Kier alpha value is -2.18. The standard InChI is InChI=1S/C11H13N3O4/c12-11(18)13-8(15)5-14-9(16)6-3-1-2-4-7(6)10(14)17/h1-2,6-7H,3-5H2,(H3,12,13,15,18)/t6-,7-/m1/s1. The van der Waals surface area contributed by atoms with Gasteiger partial charge in [-0.2, -0.15) is 0 Å². The third-order valence-corrected chi connectivity index (χ3v) is 3.16. The number of carbonyl (C=O) groups is 4. The highest BCUT2D eigenvalue weighted by molar-refractivity contribution is 6.08. The average molecular weight is 251 g/mol. The van der Waals surface area contributed by atoms with Crippen LogP contribution in [0.4, 0.5) is 4.79 Å². The van der Waals surface area contributed by atoms with Gasteiger partial charge in [-0.3, -0.25) is 24.6 Å². The topological polar surface area (TPSA) is 110 Å². The van der Waals surface area contributed by atoms with Crippen LogP contribution in [0.1, 0.15) is 12.8 Å². The molecule has 0 bridgehead atoms. The zero-order chi connectivity index (χ0) is 13.3. The van der Waals surface area contributed by atoms with E-state index < -0.39 is 18.5 Å². The van der Waals surface area contributed by atoms with Crippen molar-refractivity contribution in [3.05, 3.63) is 12.2 Å². The van der Waals surface area contributed by atoms with Crippen molar-refractivity contribution in [2.24, 2.45) is 17.6 Å². The number of primary amides is 1. The van der Waals surface area contributed by atoms with E-state index in [9.17, 15) is 19.2 Å². The number of urea groups is 1. The van der Waals surface area contributed by atoms with Crippen molar-refractivity contribution in [3.63, 3.8) is 0 Å². The van der Waals surface area contributed by atoms with Crippen molar-refractivity contribution >= 4 is 23.8 Å². The second kappa shape index (κ2) is 4.59. The first-order valence-electron chi connectivity index (χ1n) is 5.60.